The molecule has 3 nitrogen and oxygen atoms in total. The largest absolute Gasteiger partial charge is 0.341 e. The van der Waals surface area contributed by atoms with Crippen LogP contribution < -0.4 is 5.73 Å². The third kappa shape index (κ3) is 3.96. The zero-order valence-corrected chi connectivity index (χ0v) is 11.8. The third-order valence-electron chi connectivity index (χ3n) is 3.22. The van der Waals surface area contributed by atoms with Gasteiger partial charge >= 0.3 is 0 Å². The molecule has 1 aromatic carbocycles. The molecule has 2 N–H and O–H groups in total. The molecule has 1 aromatic rings. The molecule has 0 heterocycles. The summed E-state index contributed by atoms with van der Waals surface area (Å²) in [6, 6.07) is 0.877. The molecule has 0 radical (unpaired) electrons. The highest BCUT2D eigenvalue weighted by Gasteiger charge is 2.22. The van der Waals surface area contributed by atoms with Crippen molar-refractivity contribution in [3.05, 3.63) is 35.1 Å². The molecule has 1 rings (SSSR count). The zero-order valence-electron chi connectivity index (χ0n) is 11.8. The fourth-order valence-electron chi connectivity index (χ4n) is 1.71. The van der Waals surface area contributed by atoms with Crippen molar-refractivity contribution < 1.29 is 18.0 Å². The summed E-state index contributed by atoms with van der Waals surface area (Å²) in [7, 11) is 1.43. The molecule has 1 atom stereocenters. The normalized spacial score (nSPS) is 12.6. The van der Waals surface area contributed by atoms with Crippen molar-refractivity contribution >= 4 is 5.91 Å². The van der Waals surface area contributed by atoms with E-state index < -0.39 is 28.9 Å². The van der Waals surface area contributed by atoms with Gasteiger partial charge in [-0.15, -0.1) is 0 Å². The van der Waals surface area contributed by atoms with Gasteiger partial charge in [-0.25, -0.2) is 13.2 Å². The summed E-state index contributed by atoms with van der Waals surface area (Å²) in [4.78, 5) is 13.1. The highest BCUT2D eigenvalue weighted by molar-refractivity contribution is 5.94. The standard InChI is InChI=1S/C14H19F3N2O/c1-8(2)12(18)4-5-19(3)14(20)13-10(16)6-9(15)7-11(13)17/h6-8,12H,4-5,18H2,1-3H3. The zero-order chi connectivity index (χ0) is 15.4. The smallest absolute Gasteiger partial charge is 0.259 e. The summed E-state index contributed by atoms with van der Waals surface area (Å²) in [5.41, 5.74) is 5.10. The topological polar surface area (TPSA) is 46.3 Å². The molecule has 6 heteroatoms. The van der Waals surface area contributed by atoms with Crippen molar-refractivity contribution in [3.8, 4) is 0 Å². The second kappa shape index (κ2) is 6.74. The molecule has 0 spiro atoms. The lowest BCUT2D eigenvalue weighted by atomic mass is 10.0. The number of carbonyl (C=O) groups excluding carboxylic acids is 1. The molecule has 0 aliphatic heterocycles. The molecule has 1 unspecified atom stereocenters. The van der Waals surface area contributed by atoms with Crippen molar-refractivity contribution in [2.45, 2.75) is 26.3 Å². The first-order valence-corrected chi connectivity index (χ1v) is 6.39. The maximum atomic E-state index is 13.5. The summed E-state index contributed by atoms with van der Waals surface area (Å²) >= 11 is 0. The lowest BCUT2D eigenvalue weighted by Crippen LogP contribution is -2.35. The fraction of sp³-hybridized carbons (Fsp3) is 0.500. The van der Waals surface area contributed by atoms with Crippen LogP contribution in [0.15, 0.2) is 12.1 Å². The first kappa shape index (κ1) is 16.5. The lowest BCUT2D eigenvalue weighted by molar-refractivity contribution is 0.0779. The summed E-state index contributed by atoms with van der Waals surface area (Å²) in [6.45, 7) is 4.17. The lowest BCUT2D eigenvalue weighted by Gasteiger charge is -2.22. The Morgan fingerprint density at radius 2 is 1.75 bits per heavy atom. The Bertz CT molecular complexity index is 468. The minimum atomic E-state index is -1.20. The second-order valence-electron chi connectivity index (χ2n) is 5.17. The molecule has 0 aliphatic carbocycles. The van der Waals surface area contributed by atoms with Gasteiger partial charge in [0.05, 0.1) is 0 Å². The van der Waals surface area contributed by atoms with E-state index in [-0.39, 0.29) is 18.5 Å². The van der Waals surface area contributed by atoms with Crippen LogP contribution in [0.25, 0.3) is 0 Å². The summed E-state index contributed by atoms with van der Waals surface area (Å²) < 4.78 is 39.8. The van der Waals surface area contributed by atoms with E-state index in [0.717, 1.165) is 0 Å². The number of hydrogen-bond donors (Lipinski definition) is 1. The van der Waals surface area contributed by atoms with Crippen LogP contribution in [0, 0.1) is 23.4 Å². The number of halogens is 3. The average Bonchev–Trinajstić information content (AvgIpc) is 2.33. The molecule has 20 heavy (non-hydrogen) atoms. The van der Waals surface area contributed by atoms with Gasteiger partial charge in [-0.05, 0) is 12.3 Å². The van der Waals surface area contributed by atoms with Crippen molar-refractivity contribution in [2.24, 2.45) is 11.7 Å². The molecule has 0 aliphatic rings. The molecule has 0 aromatic heterocycles. The maximum absolute atomic E-state index is 13.5. The van der Waals surface area contributed by atoms with E-state index in [1.807, 2.05) is 13.8 Å². The Balaban J connectivity index is 2.80. The van der Waals surface area contributed by atoms with E-state index in [0.29, 0.717) is 18.6 Å². The number of hydrogen-bond acceptors (Lipinski definition) is 2. The van der Waals surface area contributed by atoms with Crippen molar-refractivity contribution in [1.82, 2.24) is 4.90 Å². The molecular formula is C14H19F3N2O. The SMILES string of the molecule is CC(C)C(N)CCN(C)C(=O)c1c(F)cc(F)cc1F. The molecule has 1 amide bonds. The van der Waals surface area contributed by atoms with Crippen LogP contribution in [0.2, 0.25) is 0 Å². The van der Waals surface area contributed by atoms with Gasteiger partial charge in [0.25, 0.3) is 5.91 Å². The molecule has 0 saturated heterocycles. The minimum Gasteiger partial charge on any atom is -0.341 e. The summed E-state index contributed by atoms with van der Waals surface area (Å²) in [5, 5.41) is 0. The van der Waals surface area contributed by atoms with Gasteiger partial charge in [0.2, 0.25) is 0 Å². The quantitative estimate of drug-likeness (QED) is 0.905. The van der Waals surface area contributed by atoms with E-state index in [2.05, 4.69) is 0 Å². The second-order valence-corrected chi connectivity index (χ2v) is 5.17. The Morgan fingerprint density at radius 3 is 2.20 bits per heavy atom. The third-order valence-corrected chi connectivity index (χ3v) is 3.22. The van der Waals surface area contributed by atoms with Gasteiger partial charge in [0, 0.05) is 31.8 Å². The fourth-order valence-corrected chi connectivity index (χ4v) is 1.71. The highest BCUT2D eigenvalue weighted by atomic mass is 19.1. The van der Waals surface area contributed by atoms with Crippen molar-refractivity contribution in [3.63, 3.8) is 0 Å². The van der Waals surface area contributed by atoms with Gasteiger partial charge in [-0.3, -0.25) is 4.79 Å². The van der Waals surface area contributed by atoms with Crippen LogP contribution in [0.5, 0.6) is 0 Å². The van der Waals surface area contributed by atoms with Crippen LogP contribution in [-0.2, 0) is 0 Å². The highest BCUT2D eigenvalue weighted by Crippen LogP contribution is 2.17. The number of nitrogens with two attached hydrogens (primary N) is 1. The minimum absolute atomic E-state index is 0.104. The first-order chi connectivity index (χ1) is 9.23. The maximum Gasteiger partial charge on any atom is 0.259 e. The van der Waals surface area contributed by atoms with E-state index in [4.69, 9.17) is 5.73 Å². The summed E-state index contributed by atoms with van der Waals surface area (Å²) in [6.07, 6.45) is 0.518. The average molecular weight is 288 g/mol. The molecule has 0 bridgehead atoms. The van der Waals surface area contributed by atoms with Gasteiger partial charge in [0.1, 0.15) is 23.0 Å². The van der Waals surface area contributed by atoms with E-state index in [9.17, 15) is 18.0 Å². The van der Waals surface area contributed by atoms with E-state index in [1.165, 1.54) is 11.9 Å². The Hall–Kier alpha value is -1.56. The Kier molecular flexibility index (Phi) is 5.56. The number of nitrogens with zero attached hydrogens (tertiary/aromatic N) is 1. The predicted molar refractivity (Wildman–Crippen MR) is 70.7 cm³/mol. The number of rotatable bonds is 5. The van der Waals surface area contributed by atoms with Crippen molar-refractivity contribution in [1.29, 1.82) is 0 Å². The van der Waals surface area contributed by atoms with Crippen molar-refractivity contribution in [2.75, 3.05) is 13.6 Å². The molecular weight excluding hydrogens is 269 g/mol. The van der Waals surface area contributed by atoms with Gasteiger partial charge in [0.15, 0.2) is 0 Å². The molecule has 112 valence electrons. The number of carbonyl (C=O) groups is 1. The molecule has 0 fully saturated rings. The Morgan fingerprint density at radius 1 is 1.25 bits per heavy atom. The molecule has 0 saturated carbocycles. The van der Waals surface area contributed by atoms with Crippen LogP contribution in [-0.4, -0.2) is 30.4 Å². The van der Waals surface area contributed by atoms with Crippen LogP contribution in [0.4, 0.5) is 13.2 Å². The van der Waals surface area contributed by atoms with E-state index >= 15 is 0 Å². The van der Waals surface area contributed by atoms with Crippen LogP contribution in [0.1, 0.15) is 30.6 Å². The first-order valence-electron chi connectivity index (χ1n) is 6.39. The predicted octanol–water partition coefficient (Wildman–Crippen LogP) is 2.55. The van der Waals surface area contributed by atoms with Gasteiger partial charge in [-0.2, -0.15) is 0 Å². The number of benzene rings is 1. The van der Waals surface area contributed by atoms with Gasteiger partial charge < -0.3 is 10.6 Å². The monoisotopic (exact) mass is 288 g/mol. The summed E-state index contributed by atoms with van der Waals surface area (Å²) in [5.74, 6) is -4.03. The van der Waals surface area contributed by atoms with Crippen LogP contribution in [0.3, 0.4) is 0 Å². The van der Waals surface area contributed by atoms with Gasteiger partial charge in [-0.1, -0.05) is 13.8 Å². The Labute approximate surface area is 116 Å². The van der Waals surface area contributed by atoms with Crippen LogP contribution >= 0.6 is 0 Å². The van der Waals surface area contributed by atoms with E-state index in [1.54, 1.807) is 0 Å². The number of amides is 1.